The van der Waals surface area contributed by atoms with Gasteiger partial charge in [0, 0.05) is 31.5 Å². The maximum absolute atomic E-state index is 14.4. The highest BCUT2D eigenvalue weighted by molar-refractivity contribution is 6.04. The van der Waals surface area contributed by atoms with Gasteiger partial charge in [-0.25, -0.2) is 9.37 Å². The molecular formula is C26H29FN8O. The van der Waals surface area contributed by atoms with Crippen molar-refractivity contribution in [3.63, 3.8) is 0 Å². The van der Waals surface area contributed by atoms with Crippen LogP contribution in [-0.4, -0.2) is 41.2 Å². The number of aryl methyl sites for hydroxylation is 1. The fraction of sp³-hybridized carbons (Fsp3) is 0.423. The van der Waals surface area contributed by atoms with Crippen molar-refractivity contribution in [3.8, 4) is 0 Å². The molecule has 6 rings (SSSR count). The van der Waals surface area contributed by atoms with E-state index in [2.05, 4.69) is 49.6 Å². The van der Waals surface area contributed by atoms with Crippen molar-refractivity contribution in [2.24, 2.45) is 13.0 Å². The summed E-state index contributed by atoms with van der Waals surface area (Å²) in [6, 6.07) is 3.66. The first-order chi connectivity index (χ1) is 17.3. The molecule has 2 aliphatic carbocycles. The predicted molar refractivity (Wildman–Crippen MR) is 133 cm³/mol. The largest absolute Gasteiger partial charge is 0.357 e. The first kappa shape index (κ1) is 22.8. The zero-order valence-corrected chi connectivity index (χ0v) is 20.6. The van der Waals surface area contributed by atoms with E-state index in [4.69, 9.17) is 0 Å². The van der Waals surface area contributed by atoms with Crippen LogP contribution in [0.3, 0.4) is 0 Å². The fourth-order valence-electron chi connectivity index (χ4n) is 5.42. The first-order valence-corrected chi connectivity index (χ1v) is 12.3. The second kappa shape index (κ2) is 8.19. The number of anilines is 1. The van der Waals surface area contributed by atoms with Gasteiger partial charge in [0.1, 0.15) is 23.4 Å². The van der Waals surface area contributed by atoms with Gasteiger partial charge in [-0.3, -0.25) is 9.78 Å². The summed E-state index contributed by atoms with van der Waals surface area (Å²) in [4.78, 5) is 24.9. The molecule has 0 unspecified atom stereocenters. The Morgan fingerprint density at radius 1 is 1.28 bits per heavy atom. The molecule has 0 bridgehead atoms. The molecule has 9 nitrogen and oxygen atoms in total. The van der Waals surface area contributed by atoms with Gasteiger partial charge in [0.25, 0.3) is 5.91 Å². The number of aromatic nitrogens is 6. The Hall–Kier alpha value is -3.66. The number of pyridine rings is 2. The van der Waals surface area contributed by atoms with Gasteiger partial charge < -0.3 is 20.2 Å². The van der Waals surface area contributed by atoms with Gasteiger partial charge in [-0.15, -0.1) is 10.2 Å². The van der Waals surface area contributed by atoms with Gasteiger partial charge >= 0.3 is 0 Å². The fourth-order valence-corrected chi connectivity index (χ4v) is 5.42. The lowest BCUT2D eigenvalue weighted by Crippen LogP contribution is -2.43. The van der Waals surface area contributed by atoms with Crippen LogP contribution in [0, 0.1) is 11.7 Å². The molecule has 10 heteroatoms. The minimum atomic E-state index is -0.480. The van der Waals surface area contributed by atoms with Gasteiger partial charge in [0.2, 0.25) is 0 Å². The number of nitrogens with zero attached hydrogens (tertiary/aromatic N) is 5. The van der Waals surface area contributed by atoms with Crippen molar-refractivity contribution in [2.75, 3.05) is 5.32 Å². The van der Waals surface area contributed by atoms with E-state index in [1.165, 1.54) is 6.20 Å². The smallest absolute Gasteiger partial charge is 0.274 e. The van der Waals surface area contributed by atoms with E-state index < -0.39 is 11.7 Å². The molecule has 4 aromatic heterocycles. The molecule has 2 saturated carbocycles. The quantitative estimate of drug-likeness (QED) is 0.364. The van der Waals surface area contributed by atoms with Crippen molar-refractivity contribution in [1.29, 1.82) is 0 Å². The minimum absolute atomic E-state index is 0.104. The number of carbonyl (C=O) groups excluding carboxylic acids is 1. The molecule has 0 saturated heterocycles. The molecule has 4 aromatic rings. The highest BCUT2D eigenvalue weighted by Crippen LogP contribution is 2.51. The van der Waals surface area contributed by atoms with Crippen molar-refractivity contribution >= 4 is 22.6 Å². The number of nitrogens with one attached hydrogen (secondary N) is 3. The van der Waals surface area contributed by atoms with Gasteiger partial charge in [0.05, 0.1) is 22.8 Å². The van der Waals surface area contributed by atoms with Crippen LogP contribution in [0.15, 0.2) is 37.1 Å². The van der Waals surface area contributed by atoms with Crippen LogP contribution in [0.2, 0.25) is 0 Å². The number of halogens is 1. The lowest BCUT2D eigenvalue weighted by molar-refractivity contribution is 0.102. The van der Waals surface area contributed by atoms with Crippen LogP contribution in [-0.2, 0) is 19.0 Å². The molecule has 2 aliphatic rings. The number of hydrogen-bond donors (Lipinski definition) is 3. The predicted octanol–water partition coefficient (Wildman–Crippen LogP) is 3.84. The topological polar surface area (TPSA) is 113 Å². The summed E-state index contributed by atoms with van der Waals surface area (Å²) in [6.07, 6.45) is 10.5. The number of rotatable bonds is 7. The van der Waals surface area contributed by atoms with Crippen LogP contribution < -0.4 is 10.6 Å². The molecule has 4 heterocycles. The third kappa shape index (κ3) is 3.85. The zero-order valence-electron chi connectivity index (χ0n) is 20.6. The Balaban J connectivity index is 1.29. The number of carbonyl (C=O) groups is 1. The average Bonchev–Trinajstić information content (AvgIpc) is 3.23. The Labute approximate surface area is 207 Å². The maximum atomic E-state index is 14.4. The standard InChI is InChI=1S/C26H29FN8O/c1-15-8-26(9-15,24-34-31-14-35(24)3)17-7-18(12-28-11-17)32-23(36)20-6-16(10-30-25(2)4-5-25)21-22(33-20)19(27)13-29-21/h6-7,11-15,29-30H,4-5,8-10H2,1-3H3,(H,32,36). The summed E-state index contributed by atoms with van der Waals surface area (Å²) in [5.74, 6) is 0.552. The molecule has 1 amide bonds. The summed E-state index contributed by atoms with van der Waals surface area (Å²) >= 11 is 0. The monoisotopic (exact) mass is 488 g/mol. The maximum Gasteiger partial charge on any atom is 0.274 e. The van der Waals surface area contributed by atoms with Crippen molar-refractivity contribution in [3.05, 3.63) is 65.5 Å². The molecule has 3 N–H and O–H groups in total. The number of amides is 1. The summed E-state index contributed by atoms with van der Waals surface area (Å²) in [6.45, 7) is 4.89. The molecule has 36 heavy (non-hydrogen) atoms. The van der Waals surface area contributed by atoms with E-state index in [1.54, 1.807) is 18.6 Å². The van der Waals surface area contributed by atoms with Crippen LogP contribution in [0.4, 0.5) is 10.1 Å². The van der Waals surface area contributed by atoms with Crippen LogP contribution in [0.25, 0.3) is 11.0 Å². The van der Waals surface area contributed by atoms with Gasteiger partial charge in [0.15, 0.2) is 5.82 Å². The average molecular weight is 489 g/mol. The number of hydrogen-bond acceptors (Lipinski definition) is 6. The van der Waals surface area contributed by atoms with E-state index in [9.17, 15) is 9.18 Å². The first-order valence-electron chi connectivity index (χ1n) is 12.3. The van der Waals surface area contributed by atoms with Gasteiger partial charge in [-0.2, -0.15) is 0 Å². The lowest BCUT2D eigenvalue weighted by Gasteiger charge is -2.45. The highest BCUT2D eigenvalue weighted by atomic mass is 19.1. The van der Waals surface area contributed by atoms with E-state index in [0.29, 0.717) is 23.7 Å². The SMILES string of the molecule is CC1CC(c2cncc(NC(=O)c3cc(CNC4(C)CC4)c4[nH]cc(F)c4n3)c2)(c2nncn2C)C1. The van der Waals surface area contributed by atoms with Gasteiger partial charge in [-0.1, -0.05) is 6.92 Å². The third-order valence-corrected chi connectivity index (χ3v) is 7.69. The highest BCUT2D eigenvalue weighted by Gasteiger charge is 2.48. The van der Waals surface area contributed by atoms with E-state index in [0.717, 1.165) is 42.6 Å². The Kier molecular flexibility index (Phi) is 5.18. The molecular weight excluding hydrogens is 459 g/mol. The van der Waals surface area contributed by atoms with E-state index in [-0.39, 0.29) is 22.2 Å². The molecule has 0 spiro atoms. The number of H-pyrrole nitrogens is 1. The number of aromatic amines is 1. The van der Waals surface area contributed by atoms with E-state index in [1.807, 2.05) is 23.9 Å². The lowest BCUT2D eigenvalue weighted by atomic mass is 9.59. The molecule has 0 atom stereocenters. The summed E-state index contributed by atoms with van der Waals surface area (Å²) in [7, 11) is 1.94. The van der Waals surface area contributed by atoms with Crippen LogP contribution >= 0.6 is 0 Å². The molecule has 0 aromatic carbocycles. The normalized spacial score (nSPS) is 22.4. The summed E-state index contributed by atoms with van der Waals surface area (Å²) in [5, 5.41) is 14.9. The van der Waals surface area contributed by atoms with Crippen LogP contribution in [0.5, 0.6) is 0 Å². The van der Waals surface area contributed by atoms with E-state index >= 15 is 0 Å². The molecule has 2 fully saturated rings. The second-order valence-corrected chi connectivity index (χ2v) is 10.7. The summed E-state index contributed by atoms with van der Waals surface area (Å²) < 4.78 is 16.4. The Morgan fingerprint density at radius 2 is 2.08 bits per heavy atom. The van der Waals surface area contributed by atoms with Crippen molar-refractivity contribution < 1.29 is 9.18 Å². The van der Waals surface area contributed by atoms with Gasteiger partial charge in [-0.05, 0) is 61.8 Å². The number of fused-ring (bicyclic) bond motifs is 1. The summed E-state index contributed by atoms with van der Waals surface area (Å²) in [5.41, 5.74) is 3.08. The Morgan fingerprint density at radius 3 is 2.78 bits per heavy atom. The molecule has 0 aliphatic heterocycles. The van der Waals surface area contributed by atoms with Crippen molar-refractivity contribution in [1.82, 2.24) is 35.0 Å². The second-order valence-electron chi connectivity index (χ2n) is 10.7. The minimum Gasteiger partial charge on any atom is -0.357 e. The zero-order chi connectivity index (χ0) is 25.1. The molecule has 186 valence electrons. The third-order valence-electron chi connectivity index (χ3n) is 7.69. The molecule has 0 radical (unpaired) electrons. The van der Waals surface area contributed by atoms with Crippen LogP contribution in [0.1, 0.15) is 67.0 Å². The Bertz CT molecular complexity index is 1460. The van der Waals surface area contributed by atoms with Crippen molar-refractivity contribution in [2.45, 2.75) is 57.0 Å².